The lowest BCUT2D eigenvalue weighted by atomic mass is 9.87. The molecule has 0 unspecified atom stereocenters. The van der Waals surface area contributed by atoms with Crippen LogP contribution in [-0.4, -0.2) is 23.2 Å². The highest BCUT2D eigenvalue weighted by molar-refractivity contribution is 5.85. The summed E-state index contributed by atoms with van der Waals surface area (Å²) < 4.78 is 0. The minimum absolute atomic E-state index is 0. The number of nitrogens with one attached hydrogen (secondary N) is 1. The van der Waals surface area contributed by atoms with Gasteiger partial charge in [0.15, 0.2) is 0 Å². The SMILES string of the molecule is Cl.N#Cc1ccccc1C[C@]1(C(=O)O)CCCN1. The summed E-state index contributed by atoms with van der Waals surface area (Å²) in [5.41, 5.74) is 0.459. The highest BCUT2D eigenvalue weighted by Crippen LogP contribution is 2.25. The second-order valence-corrected chi connectivity index (χ2v) is 4.36. The number of carboxylic acid groups (broad SMARTS) is 1. The Labute approximate surface area is 112 Å². The predicted molar refractivity (Wildman–Crippen MR) is 69.7 cm³/mol. The Morgan fingerprint density at radius 2 is 2.22 bits per heavy atom. The van der Waals surface area contributed by atoms with E-state index in [2.05, 4.69) is 11.4 Å². The predicted octanol–water partition coefficient (Wildman–Crippen LogP) is 1.73. The van der Waals surface area contributed by atoms with Crippen molar-refractivity contribution >= 4 is 18.4 Å². The van der Waals surface area contributed by atoms with Crippen molar-refractivity contribution in [1.29, 1.82) is 5.26 Å². The molecule has 0 radical (unpaired) electrons. The number of rotatable bonds is 3. The summed E-state index contributed by atoms with van der Waals surface area (Å²) in [6.45, 7) is 0.723. The van der Waals surface area contributed by atoms with E-state index in [1.807, 2.05) is 12.1 Å². The smallest absolute Gasteiger partial charge is 0.324 e. The number of carboxylic acids is 1. The summed E-state index contributed by atoms with van der Waals surface area (Å²) in [5.74, 6) is -0.831. The lowest BCUT2D eigenvalue weighted by molar-refractivity contribution is -0.144. The van der Waals surface area contributed by atoms with Crippen molar-refractivity contribution in [1.82, 2.24) is 5.32 Å². The van der Waals surface area contributed by atoms with Gasteiger partial charge in [-0.15, -0.1) is 12.4 Å². The third-order valence-electron chi connectivity index (χ3n) is 3.28. The summed E-state index contributed by atoms with van der Waals surface area (Å²) >= 11 is 0. The first-order valence-electron chi connectivity index (χ1n) is 5.64. The molecule has 0 amide bonds. The molecule has 0 bridgehead atoms. The molecule has 18 heavy (non-hydrogen) atoms. The Kier molecular flexibility index (Phi) is 4.71. The number of benzene rings is 1. The van der Waals surface area contributed by atoms with E-state index < -0.39 is 11.5 Å². The molecule has 0 spiro atoms. The molecule has 0 aliphatic carbocycles. The van der Waals surface area contributed by atoms with Crippen LogP contribution >= 0.6 is 12.4 Å². The molecule has 0 saturated carbocycles. The maximum atomic E-state index is 11.4. The molecule has 5 heteroatoms. The van der Waals surface area contributed by atoms with Crippen LogP contribution in [0.25, 0.3) is 0 Å². The third-order valence-corrected chi connectivity index (χ3v) is 3.28. The molecular formula is C13H15ClN2O2. The van der Waals surface area contributed by atoms with E-state index in [1.54, 1.807) is 12.1 Å². The molecule has 0 aromatic heterocycles. The zero-order valence-corrected chi connectivity index (χ0v) is 10.7. The highest BCUT2D eigenvalue weighted by atomic mass is 35.5. The van der Waals surface area contributed by atoms with Crippen molar-refractivity contribution < 1.29 is 9.90 Å². The van der Waals surface area contributed by atoms with E-state index in [-0.39, 0.29) is 12.4 Å². The van der Waals surface area contributed by atoms with E-state index >= 15 is 0 Å². The number of hydrogen-bond donors (Lipinski definition) is 2. The monoisotopic (exact) mass is 266 g/mol. The quantitative estimate of drug-likeness (QED) is 0.874. The normalized spacial score (nSPS) is 21.9. The number of nitrogens with zero attached hydrogens (tertiary/aromatic N) is 1. The Bertz CT molecular complexity index is 476. The van der Waals surface area contributed by atoms with E-state index in [0.29, 0.717) is 18.4 Å². The van der Waals surface area contributed by atoms with Gasteiger partial charge in [-0.3, -0.25) is 4.79 Å². The molecule has 1 aromatic rings. The van der Waals surface area contributed by atoms with Crippen molar-refractivity contribution in [2.75, 3.05) is 6.54 Å². The largest absolute Gasteiger partial charge is 0.480 e. The standard InChI is InChI=1S/C13H14N2O2.ClH/c14-9-11-5-2-1-4-10(11)8-13(12(16)17)6-3-7-15-13;/h1-2,4-5,15H,3,6-8H2,(H,16,17);1H/t13-;/m0./s1. The molecule has 4 nitrogen and oxygen atoms in total. The first-order chi connectivity index (χ1) is 8.18. The Morgan fingerprint density at radius 3 is 2.78 bits per heavy atom. The summed E-state index contributed by atoms with van der Waals surface area (Å²) in [7, 11) is 0. The summed E-state index contributed by atoms with van der Waals surface area (Å²) in [6, 6.07) is 9.27. The molecule has 1 saturated heterocycles. The second kappa shape index (κ2) is 5.85. The van der Waals surface area contributed by atoms with Gasteiger partial charge in [-0.25, -0.2) is 0 Å². The minimum Gasteiger partial charge on any atom is -0.480 e. The van der Waals surface area contributed by atoms with Crippen LogP contribution in [0.15, 0.2) is 24.3 Å². The molecule has 1 atom stereocenters. The van der Waals surface area contributed by atoms with Crippen molar-refractivity contribution in [3.8, 4) is 6.07 Å². The van der Waals surface area contributed by atoms with Crippen molar-refractivity contribution in [2.24, 2.45) is 0 Å². The molecule has 1 heterocycles. The van der Waals surface area contributed by atoms with Gasteiger partial charge < -0.3 is 10.4 Å². The maximum absolute atomic E-state index is 11.4. The van der Waals surface area contributed by atoms with Crippen LogP contribution in [0.4, 0.5) is 0 Å². The molecule has 2 rings (SSSR count). The zero-order valence-electron chi connectivity index (χ0n) is 9.85. The molecule has 2 N–H and O–H groups in total. The van der Waals surface area contributed by atoms with Crippen LogP contribution in [0.3, 0.4) is 0 Å². The molecule has 1 aromatic carbocycles. The van der Waals surface area contributed by atoms with E-state index in [9.17, 15) is 9.90 Å². The Balaban J connectivity index is 0.00000162. The molecule has 1 fully saturated rings. The Hall–Kier alpha value is -1.57. The van der Waals surface area contributed by atoms with Gasteiger partial charge in [0, 0.05) is 6.42 Å². The van der Waals surface area contributed by atoms with Gasteiger partial charge in [-0.05, 0) is 31.0 Å². The van der Waals surface area contributed by atoms with E-state index in [1.165, 1.54) is 0 Å². The topological polar surface area (TPSA) is 73.1 Å². The maximum Gasteiger partial charge on any atom is 0.324 e. The average Bonchev–Trinajstić information content (AvgIpc) is 2.80. The fraction of sp³-hybridized carbons (Fsp3) is 0.385. The lowest BCUT2D eigenvalue weighted by Gasteiger charge is -2.24. The van der Waals surface area contributed by atoms with Gasteiger partial charge in [0.2, 0.25) is 0 Å². The summed E-state index contributed by atoms with van der Waals surface area (Å²) in [6.07, 6.45) is 1.84. The van der Waals surface area contributed by atoms with Crippen molar-refractivity contribution in [2.45, 2.75) is 24.8 Å². The summed E-state index contributed by atoms with van der Waals surface area (Å²) in [5, 5.41) is 21.4. The Morgan fingerprint density at radius 1 is 1.50 bits per heavy atom. The van der Waals surface area contributed by atoms with Crippen LogP contribution in [0.5, 0.6) is 0 Å². The number of halogens is 1. The van der Waals surface area contributed by atoms with E-state index in [0.717, 1.165) is 18.5 Å². The fourth-order valence-electron chi connectivity index (χ4n) is 2.32. The van der Waals surface area contributed by atoms with Gasteiger partial charge in [0.05, 0.1) is 11.6 Å². The number of nitriles is 1. The highest BCUT2D eigenvalue weighted by Gasteiger charge is 2.41. The first-order valence-corrected chi connectivity index (χ1v) is 5.64. The number of hydrogen-bond acceptors (Lipinski definition) is 3. The first kappa shape index (κ1) is 14.5. The van der Waals surface area contributed by atoms with E-state index in [4.69, 9.17) is 5.26 Å². The van der Waals surface area contributed by atoms with Crippen LogP contribution in [0, 0.1) is 11.3 Å². The zero-order chi connectivity index (χ0) is 12.3. The summed E-state index contributed by atoms with van der Waals surface area (Å²) in [4.78, 5) is 11.4. The van der Waals surface area contributed by atoms with Crippen LogP contribution in [-0.2, 0) is 11.2 Å². The van der Waals surface area contributed by atoms with Crippen molar-refractivity contribution in [3.63, 3.8) is 0 Å². The molecule has 96 valence electrons. The third kappa shape index (κ3) is 2.63. The molecular weight excluding hydrogens is 252 g/mol. The molecule has 1 aliphatic rings. The van der Waals surface area contributed by atoms with Gasteiger partial charge in [-0.1, -0.05) is 18.2 Å². The molecule has 1 aliphatic heterocycles. The lowest BCUT2D eigenvalue weighted by Crippen LogP contribution is -2.49. The minimum atomic E-state index is -0.896. The van der Waals surface area contributed by atoms with Gasteiger partial charge >= 0.3 is 5.97 Å². The van der Waals surface area contributed by atoms with Gasteiger partial charge in [0.25, 0.3) is 0 Å². The average molecular weight is 267 g/mol. The second-order valence-electron chi connectivity index (χ2n) is 4.36. The number of carbonyl (C=O) groups is 1. The number of aliphatic carboxylic acids is 1. The van der Waals surface area contributed by atoms with Crippen LogP contribution in [0.1, 0.15) is 24.0 Å². The van der Waals surface area contributed by atoms with Crippen molar-refractivity contribution in [3.05, 3.63) is 35.4 Å². The van der Waals surface area contributed by atoms with Crippen LogP contribution in [0.2, 0.25) is 0 Å². The van der Waals surface area contributed by atoms with Gasteiger partial charge in [-0.2, -0.15) is 5.26 Å². The van der Waals surface area contributed by atoms with Crippen LogP contribution < -0.4 is 5.32 Å². The fourth-order valence-corrected chi connectivity index (χ4v) is 2.32. The van der Waals surface area contributed by atoms with Gasteiger partial charge in [0.1, 0.15) is 5.54 Å².